The number of hydrogen-bond acceptors (Lipinski definition) is 7. The highest BCUT2D eigenvalue weighted by molar-refractivity contribution is 7.80. The van der Waals surface area contributed by atoms with Crippen LogP contribution >= 0.6 is 12.2 Å². The Kier molecular flexibility index (Phi) is 6.89. The van der Waals surface area contributed by atoms with Gasteiger partial charge in [-0.05, 0) is 30.4 Å². The topological polar surface area (TPSA) is 112 Å². The summed E-state index contributed by atoms with van der Waals surface area (Å²) in [6, 6.07) is 10.9. The molecule has 27 heavy (non-hydrogen) atoms. The van der Waals surface area contributed by atoms with Crippen molar-refractivity contribution in [3.05, 3.63) is 52.6 Å². The van der Waals surface area contributed by atoms with Gasteiger partial charge in [0.1, 0.15) is 5.75 Å². The van der Waals surface area contributed by atoms with Gasteiger partial charge < -0.3 is 19.5 Å². The van der Waals surface area contributed by atoms with Crippen molar-refractivity contribution < 1.29 is 23.9 Å². The van der Waals surface area contributed by atoms with Crippen LogP contribution in [0.2, 0.25) is 0 Å². The van der Waals surface area contributed by atoms with Crippen LogP contribution < -0.4 is 24.8 Å². The van der Waals surface area contributed by atoms with E-state index < -0.39 is 10.8 Å². The number of thiocarbonyl (C=S) groups is 1. The number of para-hydroxylation sites is 2. The molecule has 0 aromatic heterocycles. The number of anilines is 1. The van der Waals surface area contributed by atoms with Gasteiger partial charge in [-0.1, -0.05) is 12.1 Å². The van der Waals surface area contributed by atoms with Crippen molar-refractivity contribution in [2.75, 3.05) is 26.1 Å². The highest BCUT2D eigenvalue weighted by atomic mass is 32.1. The Morgan fingerprint density at radius 3 is 2.41 bits per heavy atom. The first kappa shape index (κ1) is 19.9. The average molecular weight is 391 g/mol. The number of carbonyl (C=O) groups excluding carboxylic acids is 1. The van der Waals surface area contributed by atoms with E-state index in [9.17, 15) is 14.9 Å². The predicted octanol–water partition coefficient (Wildman–Crippen LogP) is 2.50. The Morgan fingerprint density at radius 1 is 1.11 bits per heavy atom. The van der Waals surface area contributed by atoms with Gasteiger partial charge in [0, 0.05) is 12.1 Å². The van der Waals surface area contributed by atoms with Gasteiger partial charge in [0.2, 0.25) is 0 Å². The number of hydrogen-bond donors (Lipinski definition) is 2. The summed E-state index contributed by atoms with van der Waals surface area (Å²) in [6.07, 6.45) is 0. The van der Waals surface area contributed by atoms with Gasteiger partial charge in [0.25, 0.3) is 11.6 Å². The first-order valence-corrected chi connectivity index (χ1v) is 8.04. The van der Waals surface area contributed by atoms with E-state index in [0.717, 1.165) is 0 Å². The standard InChI is InChI=1S/C17H17N3O6S/c1-24-13-8-7-11(20(22)23)9-12(13)18-17(27)19-16(21)10-26-15-6-4-3-5-14(15)25-2/h3-9H,10H2,1-2H3,(H2,18,19,21,27). The normalized spacial score (nSPS) is 9.85. The van der Waals surface area contributed by atoms with Gasteiger partial charge in [-0.25, -0.2) is 0 Å². The third-order valence-corrected chi connectivity index (χ3v) is 3.53. The van der Waals surface area contributed by atoms with Crippen LogP contribution in [0, 0.1) is 10.1 Å². The molecule has 0 aliphatic carbocycles. The molecule has 0 aliphatic rings. The fourth-order valence-corrected chi connectivity index (χ4v) is 2.33. The second-order valence-electron chi connectivity index (χ2n) is 5.08. The first-order valence-electron chi connectivity index (χ1n) is 7.63. The van der Waals surface area contributed by atoms with Gasteiger partial charge in [-0.2, -0.15) is 0 Å². The summed E-state index contributed by atoms with van der Waals surface area (Å²) in [6.45, 7) is -0.297. The number of nitro groups is 1. The molecule has 0 atom stereocenters. The van der Waals surface area contributed by atoms with E-state index in [0.29, 0.717) is 17.2 Å². The second kappa shape index (κ2) is 9.34. The molecule has 2 N–H and O–H groups in total. The zero-order valence-electron chi connectivity index (χ0n) is 14.6. The van der Waals surface area contributed by atoms with Crippen molar-refractivity contribution >= 4 is 34.6 Å². The minimum Gasteiger partial charge on any atom is -0.495 e. The lowest BCUT2D eigenvalue weighted by Crippen LogP contribution is -2.37. The number of rotatable bonds is 7. The fraction of sp³-hybridized carbons (Fsp3) is 0.176. The molecule has 0 fully saturated rings. The summed E-state index contributed by atoms with van der Waals surface area (Å²) in [5.74, 6) is 0.729. The van der Waals surface area contributed by atoms with E-state index in [1.54, 1.807) is 24.3 Å². The highest BCUT2D eigenvalue weighted by Crippen LogP contribution is 2.29. The van der Waals surface area contributed by atoms with Crippen LogP contribution in [0.3, 0.4) is 0 Å². The Hall–Kier alpha value is -3.40. The van der Waals surface area contributed by atoms with Crippen LogP contribution in [0.1, 0.15) is 0 Å². The van der Waals surface area contributed by atoms with Crippen LogP contribution in [0.25, 0.3) is 0 Å². The highest BCUT2D eigenvalue weighted by Gasteiger charge is 2.14. The average Bonchev–Trinajstić information content (AvgIpc) is 2.66. The molecule has 0 bridgehead atoms. The molecule has 0 aliphatic heterocycles. The molecular weight excluding hydrogens is 374 g/mol. The van der Waals surface area contributed by atoms with E-state index >= 15 is 0 Å². The maximum Gasteiger partial charge on any atom is 0.271 e. The maximum absolute atomic E-state index is 12.0. The third kappa shape index (κ3) is 5.54. The van der Waals surface area contributed by atoms with Crippen molar-refractivity contribution in [2.45, 2.75) is 0 Å². The maximum atomic E-state index is 12.0. The summed E-state index contributed by atoms with van der Waals surface area (Å²) in [4.78, 5) is 22.4. The molecule has 0 spiro atoms. The van der Waals surface area contributed by atoms with Crippen LogP contribution in [-0.4, -0.2) is 36.8 Å². The lowest BCUT2D eigenvalue weighted by Gasteiger charge is -2.13. The van der Waals surface area contributed by atoms with Gasteiger partial charge in [-0.15, -0.1) is 0 Å². The van der Waals surface area contributed by atoms with Crippen LogP contribution in [0.15, 0.2) is 42.5 Å². The number of benzene rings is 2. The van der Waals surface area contributed by atoms with Gasteiger partial charge >= 0.3 is 0 Å². The van der Waals surface area contributed by atoms with Crippen molar-refractivity contribution in [3.63, 3.8) is 0 Å². The Bertz CT molecular complexity index is 858. The van der Waals surface area contributed by atoms with E-state index in [4.69, 9.17) is 26.4 Å². The molecular formula is C17H17N3O6S. The minimum atomic E-state index is -0.548. The van der Waals surface area contributed by atoms with Gasteiger partial charge in [0.05, 0.1) is 24.8 Å². The molecule has 2 rings (SSSR count). The molecule has 0 radical (unpaired) electrons. The molecule has 0 unspecified atom stereocenters. The number of nitro benzene ring substituents is 1. The zero-order chi connectivity index (χ0) is 19.8. The van der Waals surface area contributed by atoms with Gasteiger partial charge in [0.15, 0.2) is 23.2 Å². The number of methoxy groups -OCH3 is 2. The smallest absolute Gasteiger partial charge is 0.271 e. The van der Waals surface area contributed by atoms with E-state index in [2.05, 4.69) is 10.6 Å². The zero-order valence-corrected chi connectivity index (χ0v) is 15.4. The number of amides is 1. The lowest BCUT2D eigenvalue weighted by atomic mass is 10.2. The number of carbonyl (C=O) groups is 1. The summed E-state index contributed by atoms with van der Waals surface area (Å²) < 4.78 is 15.6. The van der Waals surface area contributed by atoms with Crippen molar-refractivity contribution in [1.29, 1.82) is 0 Å². The van der Waals surface area contributed by atoms with Crippen molar-refractivity contribution in [2.24, 2.45) is 0 Å². The number of nitrogens with zero attached hydrogens (tertiary/aromatic N) is 1. The Labute approximate surface area is 160 Å². The van der Waals surface area contributed by atoms with Crippen LogP contribution in [0.4, 0.5) is 11.4 Å². The summed E-state index contributed by atoms with van der Waals surface area (Å²) in [5, 5.41) is 16.0. The summed E-state index contributed by atoms with van der Waals surface area (Å²) in [5.41, 5.74) is 0.106. The number of non-ortho nitro benzene ring substituents is 1. The first-order chi connectivity index (χ1) is 12.9. The molecule has 2 aromatic rings. The molecule has 9 nitrogen and oxygen atoms in total. The van der Waals surface area contributed by atoms with E-state index in [-0.39, 0.29) is 23.1 Å². The summed E-state index contributed by atoms with van der Waals surface area (Å²) >= 11 is 5.06. The van der Waals surface area contributed by atoms with Crippen molar-refractivity contribution in [3.8, 4) is 17.2 Å². The van der Waals surface area contributed by atoms with Crippen LogP contribution in [0.5, 0.6) is 17.2 Å². The monoisotopic (exact) mass is 391 g/mol. The van der Waals surface area contributed by atoms with E-state index in [1.165, 1.54) is 32.4 Å². The molecule has 1 amide bonds. The third-order valence-electron chi connectivity index (χ3n) is 3.32. The molecule has 0 saturated heterocycles. The van der Waals surface area contributed by atoms with Crippen LogP contribution in [-0.2, 0) is 4.79 Å². The Morgan fingerprint density at radius 2 is 1.78 bits per heavy atom. The molecule has 10 heteroatoms. The van der Waals surface area contributed by atoms with E-state index in [1.807, 2.05) is 0 Å². The molecule has 0 saturated carbocycles. The molecule has 2 aromatic carbocycles. The lowest BCUT2D eigenvalue weighted by molar-refractivity contribution is -0.384. The largest absolute Gasteiger partial charge is 0.495 e. The quantitative estimate of drug-likeness (QED) is 0.421. The summed E-state index contributed by atoms with van der Waals surface area (Å²) in [7, 11) is 2.91. The second-order valence-corrected chi connectivity index (χ2v) is 5.49. The Balaban J connectivity index is 1.96. The van der Waals surface area contributed by atoms with Gasteiger partial charge in [-0.3, -0.25) is 20.2 Å². The number of nitrogens with one attached hydrogen (secondary N) is 2. The fourth-order valence-electron chi connectivity index (χ4n) is 2.10. The SMILES string of the molecule is COc1ccc([N+](=O)[O-])cc1NC(=S)NC(=O)COc1ccccc1OC. The molecule has 142 valence electrons. The van der Waals surface area contributed by atoms with Crippen molar-refractivity contribution in [1.82, 2.24) is 5.32 Å². The predicted molar refractivity (Wildman–Crippen MR) is 103 cm³/mol. The molecule has 0 heterocycles. The minimum absolute atomic E-state index is 0.0533. The number of ether oxygens (including phenoxy) is 3.